The van der Waals surface area contributed by atoms with Crippen molar-refractivity contribution in [3.05, 3.63) is 22.7 Å². The van der Waals surface area contributed by atoms with Gasteiger partial charge in [-0.15, -0.1) is 0 Å². The number of carbonyl (C=O) groups excluding carboxylic acids is 1. The van der Waals surface area contributed by atoms with E-state index in [0.717, 1.165) is 6.20 Å². The Morgan fingerprint density at radius 1 is 1.77 bits per heavy atom. The predicted octanol–water partition coefficient (Wildman–Crippen LogP) is 1.70. The lowest BCUT2D eigenvalue weighted by molar-refractivity contribution is 0.200. The van der Waals surface area contributed by atoms with Crippen molar-refractivity contribution in [2.75, 3.05) is 7.05 Å². The molecule has 0 unspecified atom stereocenters. The number of carbonyl (C=O) groups is 1. The van der Waals surface area contributed by atoms with Crippen LogP contribution in [0.2, 0.25) is 0 Å². The number of aromatic nitrogens is 1. The van der Waals surface area contributed by atoms with E-state index in [1.807, 2.05) is 0 Å². The molecule has 0 aliphatic carbocycles. The minimum Gasteiger partial charge on any atom is -0.407 e. The Kier molecular flexibility index (Phi) is 3.18. The van der Waals surface area contributed by atoms with Gasteiger partial charge >= 0.3 is 6.09 Å². The van der Waals surface area contributed by atoms with Crippen molar-refractivity contribution in [1.29, 1.82) is 0 Å². The zero-order chi connectivity index (χ0) is 9.84. The van der Waals surface area contributed by atoms with E-state index in [2.05, 4.69) is 31.0 Å². The molecule has 0 saturated heterocycles. The number of halogens is 2. The third-order valence-electron chi connectivity index (χ3n) is 1.19. The second-order valence-corrected chi connectivity index (χ2v) is 2.89. The Morgan fingerprint density at radius 2 is 2.46 bits per heavy atom. The molecule has 1 rings (SSSR count). The van der Waals surface area contributed by atoms with Gasteiger partial charge in [0.1, 0.15) is 4.60 Å². The lowest BCUT2D eigenvalue weighted by atomic mass is 10.4. The van der Waals surface area contributed by atoms with Crippen LogP contribution < -0.4 is 10.1 Å². The molecule has 70 valence electrons. The molecular weight excluding hydrogens is 243 g/mol. The monoisotopic (exact) mass is 248 g/mol. The van der Waals surface area contributed by atoms with Gasteiger partial charge in [0.05, 0.1) is 6.20 Å². The fourth-order valence-corrected chi connectivity index (χ4v) is 0.936. The van der Waals surface area contributed by atoms with E-state index in [-0.39, 0.29) is 5.75 Å². The van der Waals surface area contributed by atoms with Gasteiger partial charge in [-0.05, 0) is 15.9 Å². The van der Waals surface area contributed by atoms with Gasteiger partial charge in [0.25, 0.3) is 0 Å². The molecule has 0 atom stereocenters. The Labute approximate surface area is 82.2 Å². The molecule has 1 heterocycles. The second kappa shape index (κ2) is 4.18. The minimum atomic E-state index is -0.725. The highest BCUT2D eigenvalue weighted by Crippen LogP contribution is 2.19. The molecule has 0 bridgehead atoms. The van der Waals surface area contributed by atoms with E-state index in [4.69, 9.17) is 0 Å². The highest BCUT2D eigenvalue weighted by molar-refractivity contribution is 9.10. The standard InChI is InChI=1S/C7H6BrFN2O2/c1-10-7(12)13-5-2-6(8)11-3-4(5)9/h2-3H,1H3,(H,10,12). The zero-order valence-corrected chi connectivity index (χ0v) is 8.26. The van der Waals surface area contributed by atoms with Crippen LogP contribution in [0.3, 0.4) is 0 Å². The summed E-state index contributed by atoms with van der Waals surface area (Å²) in [6.45, 7) is 0. The molecular formula is C7H6BrFN2O2. The van der Waals surface area contributed by atoms with Crippen molar-refractivity contribution in [3.63, 3.8) is 0 Å². The maximum Gasteiger partial charge on any atom is 0.412 e. The number of amides is 1. The number of pyridine rings is 1. The first-order valence-electron chi connectivity index (χ1n) is 3.34. The van der Waals surface area contributed by atoms with E-state index in [1.165, 1.54) is 13.1 Å². The third kappa shape index (κ3) is 2.66. The van der Waals surface area contributed by atoms with Crippen molar-refractivity contribution in [2.45, 2.75) is 0 Å². The minimum absolute atomic E-state index is 0.166. The number of ether oxygens (including phenoxy) is 1. The van der Waals surface area contributed by atoms with Crippen LogP contribution in [0.4, 0.5) is 9.18 Å². The molecule has 0 spiro atoms. The smallest absolute Gasteiger partial charge is 0.407 e. The van der Waals surface area contributed by atoms with E-state index in [1.54, 1.807) is 0 Å². The van der Waals surface area contributed by atoms with Gasteiger partial charge < -0.3 is 10.1 Å². The van der Waals surface area contributed by atoms with Crippen molar-refractivity contribution in [3.8, 4) is 5.75 Å². The number of nitrogens with zero attached hydrogens (tertiary/aromatic N) is 1. The van der Waals surface area contributed by atoms with Crippen LogP contribution in [0.1, 0.15) is 0 Å². The van der Waals surface area contributed by atoms with Crippen molar-refractivity contribution >= 4 is 22.0 Å². The summed E-state index contributed by atoms with van der Waals surface area (Å²) in [5, 5.41) is 2.20. The van der Waals surface area contributed by atoms with Crippen LogP contribution in [-0.4, -0.2) is 18.1 Å². The third-order valence-corrected chi connectivity index (χ3v) is 1.63. The largest absolute Gasteiger partial charge is 0.412 e. The molecule has 0 aliphatic rings. The Morgan fingerprint density at radius 3 is 3.08 bits per heavy atom. The summed E-state index contributed by atoms with van der Waals surface area (Å²) in [4.78, 5) is 14.3. The van der Waals surface area contributed by atoms with Gasteiger partial charge in [-0.2, -0.15) is 0 Å². The molecule has 1 amide bonds. The van der Waals surface area contributed by atoms with E-state index in [9.17, 15) is 9.18 Å². The van der Waals surface area contributed by atoms with Crippen LogP contribution in [-0.2, 0) is 0 Å². The maximum atomic E-state index is 12.9. The van der Waals surface area contributed by atoms with E-state index in [0.29, 0.717) is 4.60 Å². The van der Waals surface area contributed by atoms with Gasteiger partial charge in [-0.25, -0.2) is 14.2 Å². The van der Waals surface area contributed by atoms with Crippen molar-refractivity contribution < 1.29 is 13.9 Å². The fraction of sp³-hybridized carbons (Fsp3) is 0.143. The Balaban J connectivity index is 2.87. The number of hydrogen-bond donors (Lipinski definition) is 1. The Hall–Kier alpha value is -1.17. The molecule has 1 aromatic rings. The molecule has 0 saturated carbocycles. The molecule has 6 heteroatoms. The highest BCUT2D eigenvalue weighted by Gasteiger charge is 2.08. The molecule has 0 aromatic carbocycles. The van der Waals surface area contributed by atoms with Crippen LogP contribution in [0, 0.1) is 5.82 Å². The first-order valence-corrected chi connectivity index (χ1v) is 4.13. The highest BCUT2D eigenvalue weighted by atomic mass is 79.9. The predicted molar refractivity (Wildman–Crippen MR) is 47.0 cm³/mol. The van der Waals surface area contributed by atoms with Crippen molar-refractivity contribution in [1.82, 2.24) is 10.3 Å². The van der Waals surface area contributed by atoms with Crippen molar-refractivity contribution in [2.24, 2.45) is 0 Å². The summed E-state index contributed by atoms with van der Waals surface area (Å²) < 4.78 is 17.9. The average molecular weight is 249 g/mol. The normalized spacial score (nSPS) is 9.46. The van der Waals surface area contributed by atoms with Crippen LogP contribution in [0.5, 0.6) is 5.75 Å². The van der Waals surface area contributed by atoms with E-state index < -0.39 is 11.9 Å². The van der Waals surface area contributed by atoms with Crippen LogP contribution >= 0.6 is 15.9 Å². The summed E-state index contributed by atoms with van der Waals surface area (Å²) in [6.07, 6.45) is 0.236. The maximum absolute atomic E-state index is 12.9. The zero-order valence-electron chi connectivity index (χ0n) is 6.67. The van der Waals surface area contributed by atoms with Crippen LogP contribution in [0.15, 0.2) is 16.9 Å². The summed E-state index contributed by atoms with van der Waals surface area (Å²) in [7, 11) is 1.39. The second-order valence-electron chi connectivity index (χ2n) is 2.08. The summed E-state index contributed by atoms with van der Waals surface area (Å²) in [5.74, 6) is -0.854. The number of hydrogen-bond acceptors (Lipinski definition) is 3. The molecule has 1 aromatic heterocycles. The van der Waals surface area contributed by atoms with Crippen LogP contribution in [0.25, 0.3) is 0 Å². The van der Waals surface area contributed by atoms with Gasteiger partial charge in [-0.1, -0.05) is 0 Å². The molecule has 0 radical (unpaired) electrons. The van der Waals surface area contributed by atoms with Gasteiger partial charge in [-0.3, -0.25) is 0 Å². The molecule has 4 nitrogen and oxygen atoms in total. The topological polar surface area (TPSA) is 51.2 Å². The molecule has 0 fully saturated rings. The van der Waals surface area contributed by atoms with E-state index >= 15 is 0 Å². The summed E-state index contributed by atoms with van der Waals surface area (Å²) >= 11 is 3.02. The first-order chi connectivity index (χ1) is 6.13. The SMILES string of the molecule is CNC(=O)Oc1cc(Br)ncc1F. The fourth-order valence-electron chi connectivity index (χ4n) is 0.625. The molecule has 1 N–H and O–H groups in total. The average Bonchev–Trinajstić information content (AvgIpc) is 2.11. The summed E-state index contributed by atoms with van der Waals surface area (Å²) in [6, 6.07) is 1.27. The summed E-state index contributed by atoms with van der Waals surface area (Å²) in [5.41, 5.74) is 0. The quantitative estimate of drug-likeness (QED) is 0.770. The number of rotatable bonds is 1. The lowest BCUT2D eigenvalue weighted by Gasteiger charge is -2.03. The van der Waals surface area contributed by atoms with Gasteiger partial charge in [0.15, 0.2) is 11.6 Å². The molecule has 0 aliphatic heterocycles. The number of nitrogens with one attached hydrogen (secondary N) is 1. The lowest BCUT2D eigenvalue weighted by Crippen LogP contribution is -2.22. The molecule has 13 heavy (non-hydrogen) atoms. The van der Waals surface area contributed by atoms with Gasteiger partial charge in [0, 0.05) is 13.1 Å². The Bertz CT molecular complexity index is 332. The first kappa shape index (κ1) is 9.91. The van der Waals surface area contributed by atoms with Gasteiger partial charge in [0.2, 0.25) is 0 Å².